The molecule has 1 atom stereocenters. The maximum Gasteiger partial charge on any atom is 0.0814 e. The molecule has 0 bridgehead atoms. The monoisotopic (exact) mass is 283 g/mol. The zero-order valence-corrected chi connectivity index (χ0v) is 12.2. The molecule has 1 saturated carbocycles. The molecule has 21 heavy (non-hydrogen) atoms. The van der Waals surface area contributed by atoms with Gasteiger partial charge in [-0.3, -0.25) is 4.90 Å². The van der Waals surface area contributed by atoms with E-state index in [-0.39, 0.29) is 0 Å². The summed E-state index contributed by atoms with van der Waals surface area (Å²) < 4.78 is 1.92. The van der Waals surface area contributed by atoms with Gasteiger partial charge in [-0.1, -0.05) is 18.2 Å². The Morgan fingerprint density at radius 1 is 1.24 bits per heavy atom. The van der Waals surface area contributed by atoms with Crippen molar-refractivity contribution in [3.05, 3.63) is 48.3 Å². The molecule has 1 aromatic carbocycles. The summed E-state index contributed by atoms with van der Waals surface area (Å²) in [5.41, 5.74) is 1.87. The Bertz CT molecular complexity index is 620. The average molecular weight is 283 g/mol. The number of likely N-dealkylation sites (tertiary alicyclic amines) is 1. The minimum atomic E-state index is -0.421. The second kappa shape index (κ2) is 4.97. The Labute approximate surface area is 125 Å². The second-order valence-electron chi connectivity index (χ2n) is 6.47. The third-order valence-corrected chi connectivity index (χ3v) is 4.76. The van der Waals surface area contributed by atoms with Crippen molar-refractivity contribution in [2.45, 2.75) is 31.4 Å². The fourth-order valence-electron chi connectivity index (χ4n) is 3.41. The molecule has 1 aliphatic heterocycles. The molecular formula is C17H21N3O. The Kier molecular flexibility index (Phi) is 3.08. The molecule has 2 fully saturated rings. The van der Waals surface area contributed by atoms with Gasteiger partial charge in [0.2, 0.25) is 0 Å². The van der Waals surface area contributed by atoms with Crippen LogP contribution in [0.3, 0.4) is 0 Å². The quantitative estimate of drug-likeness (QED) is 0.935. The number of β-amino-alcohol motifs (C(OH)–C–C–N with tert-alkyl or cyclic N) is 1. The topological polar surface area (TPSA) is 41.3 Å². The molecule has 1 aromatic heterocycles. The van der Waals surface area contributed by atoms with Crippen LogP contribution in [-0.2, 0) is 6.54 Å². The molecule has 0 radical (unpaired) electrons. The van der Waals surface area contributed by atoms with Gasteiger partial charge in [0.05, 0.1) is 17.5 Å². The van der Waals surface area contributed by atoms with Crippen molar-refractivity contribution in [2.24, 2.45) is 5.92 Å². The molecule has 2 aliphatic rings. The summed E-state index contributed by atoms with van der Waals surface area (Å²) in [4.78, 5) is 2.35. The minimum Gasteiger partial charge on any atom is -0.388 e. The lowest BCUT2D eigenvalue weighted by molar-refractivity contribution is 0.0263. The van der Waals surface area contributed by atoms with Crippen LogP contribution in [0.4, 0.5) is 0 Å². The van der Waals surface area contributed by atoms with E-state index in [1.54, 1.807) is 0 Å². The van der Waals surface area contributed by atoms with Crippen molar-refractivity contribution in [1.29, 1.82) is 0 Å². The van der Waals surface area contributed by atoms with Crippen molar-refractivity contribution >= 4 is 0 Å². The summed E-state index contributed by atoms with van der Waals surface area (Å²) in [7, 11) is 0. The van der Waals surface area contributed by atoms with Crippen LogP contribution in [-0.4, -0.2) is 38.5 Å². The van der Waals surface area contributed by atoms with Crippen LogP contribution in [0, 0.1) is 5.92 Å². The average Bonchev–Trinajstić information content (AvgIpc) is 3.17. The van der Waals surface area contributed by atoms with Crippen LogP contribution >= 0.6 is 0 Å². The molecule has 1 unspecified atom stereocenters. The van der Waals surface area contributed by atoms with Crippen molar-refractivity contribution < 1.29 is 5.11 Å². The molecule has 4 nitrogen and oxygen atoms in total. The first kappa shape index (κ1) is 13.0. The van der Waals surface area contributed by atoms with E-state index >= 15 is 0 Å². The lowest BCUT2D eigenvalue weighted by Crippen LogP contribution is -2.35. The van der Waals surface area contributed by atoms with Crippen LogP contribution in [0.5, 0.6) is 0 Å². The predicted octanol–water partition coefficient (Wildman–Crippen LogP) is 2.22. The fraction of sp³-hybridized carbons (Fsp3) is 0.471. The maximum absolute atomic E-state index is 10.6. The van der Waals surface area contributed by atoms with E-state index in [1.165, 1.54) is 18.4 Å². The maximum atomic E-state index is 10.6. The molecule has 2 aromatic rings. The lowest BCUT2D eigenvalue weighted by Gasteiger charge is -2.22. The highest BCUT2D eigenvalue weighted by Gasteiger charge is 2.47. The van der Waals surface area contributed by atoms with Crippen molar-refractivity contribution in [2.75, 3.05) is 13.1 Å². The molecule has 1 saturated heterocycles. The summed E-state index contributed by atoms with van der Waals surface area (Å²) in [6.45, 7) is 2.68. The number of hydrogen-bond acceptors (Lipinski definition) is 3. The van der Waals surface area contributed by atoms with E-state index < -0.39 is 5.60 Å². The standard InChI is InChI=1S/C17H21N3O/c21-17(15-6-7-15)8-9-19(13-17)11-14-10-18-20(12-14)16-4-2-1-3-5-16/h1-5,10,12,15,21H,6-9,11,13H2. The van der Waals surface area contributed by atoms with E-state index in [0.29, 0.717) is 5.92 Å². The van der Waals surface area contributed by atoms with Crippen LogP contribution in [0.25, 0.3) is 5.69 Å². The van der Waals surface area contributed by atoms with E-state index in [4.69, 9.17) is 0 Å². The Hall–Kier alpha value is -1.65. The molecule has 2 heterocycles. The minimum absolute atomic E-state index is 0.421. The van der Waals surface area contributed by atoms with Crippen LogP contribution in [0.2, 0.25) is 0 Å². The molecule has 0 amide bonds. The Morgan fingerprint density at radius 3 is 2.81 bits per heavy atom. The number of para-hydroxylation sites is 1. The zero-order valence-electron chi connectivity index (χ0n) is 12.2. The van der Waals surface area contributed by atoms with Gasteiger partial charge in [0.15, 0.2) is 0 Å². The SMILES string of the molecule is OC1(C2CC2)CCN(Cc2cnn(-c3ccccc3)c2)C1. The van der Waals surface area contributed by atoms with Gasteiger partial charge in [-0.25, -0.2) is 4.68 Å². The zero-order chi connectivity index (χ0) is 14.3. The largest absolute Gasteiger partial charge is 0.388 e. The second-order valence-corrected chi connectivity index (χ2v) is 6.47. The van der Waals surface area contributed by atoms with Crippen molar-refractivity contribution in [3.63, 3.8) is 0 Å². The van der Waals surface area contributed by atoms with E-state index in [9.17, 15) is 5.11 Å². The van der Waals surface area contributed by atoms with Gasteiger partial charge in [-0.15, -0.1) is 0 Å². The number of nitrogens with zero attached hydrogens (tertiary/aromatic N) is 3. The van der Waals surface area contributed by atoms with Gasteiger partial charge in [0, 0.05) is 31.4 Å². The lowest BCUT2D eigenvalue weighted by atomic mass is 9.97. The highest BCUT2D eigenvalue weighted by Crippen LogP contribution is 2.44. The molecule has 1 N–H and O–H groups in total. The summed E-state index contributed by atoms with van der Waals surface area (Å²) in [6.07, 6.45) is 7.35. The van der Waals surface area contributed by atoms with E-state index in [1.807, 2.05) is 29.1 Å². The Morgan fingerprint density at radius 2 is 2.05 bits per heavy atom. The van der Waals surface area contributed by atoms with Gasteiger partial charge in [-0.2, -0.15) is 5.10 Å². The van der Waals surface area contributed by atoms with Gasteiger partial charge in [0.25, 0.3) is 0 Å². The van der Waals surface area contributed by atoms with Crippen molar-refractivity contribution in [3.8, 4) is 5.69 Å². The fourth-order valence-corrected chi connectivity index (χ4v) is 3.41. The number of rotatable bonds is 4. The van der Waals surface area contributed by atoms with Crippen LogP contribution in [0.15, 0.2) is 42.7 Å². The predicted molar refractivity (Wildman–Crippen MR) is 81.1 cm³/mol. The first-order chi connectivity index (χ1) is 10.2. The molecule has 1 aliphatic carbocycles. The molecular weight excluding hydrogens is 262 g/mol. The normalized spacial score (nSPS) is 26.3. The van der Waals surface area contributed by atoms with Gasteiger partial charge in [-0.05, 0) is 37.3 Å². The van der Waals surface area contributed by atoms with Crippen LogP contribution < -0.4 is 0 Å². The molecule has 110 valence electrons. The summed E-state index contributed by atoms with van der Waals surface area (Å²) in [5.74, 6) is 0.551. The molecule has 4 heteroatoms. The number of aliphatic hydroxyl groups is 1. The highest BCUT2D eigenvalue weighted by molar-refractivity contribution is 5.30. The van der Waals surface area contributed by atoms with Gasteiger partial charge in [0.1, 0.15) is 0 Å². The number of hydrogen-bond donors (Lipinski definition) is 1. The summed E-state index contributed by atoms with van der Waals surface area (Å²) in [6, 6.07) is 10.2. The summed E-state index contributed by atoms with van der Waals surface area (Å²) in [5, 5.41) is 15.0. The first-order valence-electron chi connectivity index (χ1n) is 7.77. The Balaban J connectivity index is 1.43. The molecule has 4 rings (SSSR count). The summed E-state index contributed by atoms with van der Waals surface area (Å²) >= 11 is 0. The number of benzene rings is 1. The van der Waals surface area contributed by atoms with E-state index in [0.717, 1.165) is 31.7 Å². The van der Waals surface area contributed by atoms with Crippen LogP contribution in [0.1, 0.15) is 24.8 Å². The van der Waals surface area contributed by atoms with E-state index in [2.05, 4.69) is 28.3 Å². The molecule has 0 spiro atoms. The third-order valence-electron chi connectivity index (χ3n) is 4.76. The highest BCUT2D eigenvalue weighted by atomic mass is 16.3. The van der Waals surface area contributed by atoms with Crippen molar-refractivity contribution in [1.82, 2.24) is 14.7 Å². The van der Waals surface area contributed by atoms with Gasteiger partial charge < -0.3 is 5.11 Å². The third kappa shape index (κ3) is 2.61. The number of aromatic nitrogens is 2. The van der Waals surface area contributed by atoms with Gasteiger partial charge >= 0.3 is 0 Å². The first-order valence-corrected chi connectivity index (χ1v) is 7.77. The smallest absolute Gasteiger partial charge is 0.0814 e.